The monoisotopic (exact) mass is 326 g/mol. The number of carbonyl (C=O) groups is 1. The van der Waals surface area contributed by atoms with Gasteiger partial charge in [-0.05, 0) is 51.2 Å². The van der Waals surface area contributed by atoms with Crippen LogP contribution in [0.5, 0.6) is 0 Å². The predicted octanol–water partition coefficient (Wildman–Crippen LogP) is 3.00. The van der Waals surface area contributed by atoms with Gasteiger partial charge in [0.2, 0.25) is 5.91 Å². The Labute approximate surface area is 143 Å². The lowest BCUT2D eigenvalue weighted by molar-refractivity contribution is -0.132. The summed E-state index contributed by atoms with van der Waals surface area (Å²) in [4.78, 5) is 19.0. The lowest BCUT2D eigenvalue weighted by Gasteiger charge is -2.33. The van der Waals surface area contributed by atoms with Crippen molar-refractivity contribution in [3.05, 3.63) is 47.0 Å². The summed E-state index contributed by atoms with van der Waals surface area (Å²) in [6.45, 7) is 7.61. The van der Waals surface area contributed by atoms with Gasteiger partial charge < -0.3 is 4.90 Å². The van der Waals surface area contributed by atoms with Crippen LogP contribution in [-0.4, -0.2) is 38.7 Å². The van der Waals surface area contributed by atoms with E-state index in [4.69, 9.17) is 0 Å². The molecule has 2 aromatic rings. The van der Waals surface area contributed by atoms with Crippen LogP contribution >= 0.6 is 0 Å². The molecule has 0 saturated carbocycles. The van der Waals surface area contributed by atoms with Crippen LogP contribution in [0.3, 0.4) is 0 Å². The lowest BCUT2D eigenvalue weighted by atomic mass is 10.0. The molecule has 1 amide bonds. The van der Waals surface area contributed by atoms with Crippen LogP contribution < -0.4 is 0 Å². The Morgan fingerprint density at radius 2 is 2.04 bits per heavy atom. The first kappa shape index (κ1) is 16.7. The Morgan fingerprint density at radius 3 is 2.75 bits per heavy atom. The van der Waals surface area contributed by atoms with Crippen molar-refractivity contribution < 1.29 is 4.79 Å². The molecule has 1 saturated heterocycles. The topological polar surface area (TPSA) is 51.0 Å². The number of piperidine rings is 1. The first-order chi connectivity index (χ1) is 11.5. The SMILES string of the molecule is Cc1nc(C)n(C2CCCN(C(=O)CCc3ccccc3C)C2)n1. The second kappa shape index (κ2) is 7.16. The molecule has 2 heterocycles. The van der Waals surface area contributed by atoms with Crippen LogP contribution in [0.4, 0.5) is 0 Å². The van der Waals surface area contributed by atoms with Gasteiger partial charge in [0, 0.05) is 19.5 Å². The van der Waals surface area contributed by atoms with Gasteiger partial charge in [-0.2, -0.15) is 5.10 Å². The van der Waals surface area contributed by atoms with Crippen LogP contribution in [0.2, 0.25) is 0 Å². The zero-order valence-corrected chi connectivity index (χ0v) is 14.8. The van der Waals surface area contributed by atoms with E-state index in [9.17, 15) is 4.79 Å². The molecule has 5 heteroatoms. The number of hydrogen-bond acceptors (Lipinski definition) is 3. The molecular weight excluding hydrogens is 300 g/mol. The largest absolute Gasteiger partial charge is 0.341 e. The molecule has 0 aliphatic carbocycles. The van der Waals surface area contributed by atoms with Gasteiger partial charge in [-0.1, -0.05) is 24.3 Å². The average molecular weight is 326 g/mol. The van der Waals surface area contributed by atoms with Crippen molar-refractivity contribution in [1.82, 2.24) is 19.7 Å². The van der Waals surface area contributed by atoms with Gasteiger partial charge in [0.1, 0.15) is 11.6 Å². The summed E-state index contributed by atoms with van der Waals surface area (Å²) >= 11 is 0. The number of amides is 1. The molecule has 1 unspecified atom stereocenters. The second-order valence-corrected chi connectivity index (χ2v) is 6.71. The maximum atomic E-state index is 12.6. The fourth-order valence-electron chi connectivity index (χ4n) is 3.55. The van der Waals surface area contributed by atoms with E-state index < -0.39 is 0 Å². The van der Waals surface area contributed by atoms with Crippen molar-refractivity contribution in [3.63, 3.8) is 0 Å². The summed E-state index contributed by atoms with van der Waals surface area (Å²) in [5, 5.41) is 4.50. The number of aromatic nitrogens is 3. The lowest BCUT2D eigenvalue weighted by Crippen LogP contribution is -2.41. The fourth-order valence-corrected chi connectivity index (χ4v) is 3.55. The molecule has 1 aliphatic heterocycles. The van der Waals surface area contributed by atoms with Gasteiger partial charge in [-0.3, -0.25) is 4.79 Å². The molecule has 1 fully saturated rings. The van der Waals surface area contributed by atoms with Crippen molar-refractivity contribution >= 4 is 5.91 Å². The molecule has 1 aromatic heterocycles. The van der Waals surface area contributed by atoms with Gasteiger partial charge in [-0.25, -0.2) is 9.67 Å². The normalized spacial score (nSPS) is 18.0. The molecule has 1 aliphatic rings. The summed E-state index contributed by atoms with van der Waals surface area (Å²) < 4.78 is 2.00. The Bertz CT molecular complexity index is 722. The molecule has 1 atom stereocenters. The van der Waals surface area contributed by atoms with E-state index >= 15 is 0 Å². The Kier molecular flexibility index (Phi) is 4.97. The number of nitrogens with zero attached hydrogens (tertiary/aromatic N) is 4. The molecule has 128 valence electrons. The first-order valence-electron chi connectivity index (χ1n) is 8.76. The quantitative estimate of drug-likeness (QED) is 0.868. The highest BCUT2D eigenvalue weighted by Crippen LogP contribution is 2.23. The van der Waals surface area contributed by atoms with Gasteiger partial charge in [-0.15, -0.1) is 0 Å². The standard InChI is InChI=1S/C19H26N4O/c1-14-7-4-5-8-17(14)10-11-19(24)22-12-6-9-18(13-22)23-16(3)20-15(2)21-23/h4-5,7-8,18H,6,9-13H2,1-3H3. The Hall–Kier alpha value is -2.17. The van der Waals surface area contributed by atoms with E-state index in [2.05, 4.69) is 29.1 Å². The highest BCUT2D eigenvalue weighted by atomic mass is 16.2. The molecule has 24 heavy (non-hydrogen) atoms. The van der Waals surface area contributed by atoms with Gasteiger partial charge >= 0.3 is 0 Å². The van der Waals surface area contributed by atoms with E-state index in [1.54, 1.807) is 0 Å². The third kappa shape index (κ3) is 3.66. The minimum absolute atomic E-state index is 0.248. The summed E-state index contributed by atoms with van der Waals surface area (Å²) in [7, 11) is 0. The maximum absolute atomic E-state index is 12.6. The summed E-state index contributed by atoms with van der Waals surface area (Å²) in [5.41, 5.74) is 2.53. The summed E-state index contributed by atoms with van der Waals surface area (Å²) in [6.07, 6.45) is 3.48. The van der Waals surface area contributed by atoms with Crippen LogP contribution in [0, 0.1) is 20.8 Å². The molecule has 1 aromatic carbocycles. The summed E-state index contributed by atoms with van der Waals surface area (Å²) in [5.74, 6) is 1.99. The van der Waals surface area contributed by atoms with Crippen molar-refractivity contribution in [2.45, 2.75) is 52.5 Å². The number of aryl methyl sites for hydroxylation is 4. The van der Waals surface area contributed by atoms with Crippen molar-refractivity contribution in [2.75, 3.05) is 13.1 Å². The molecule has 0 bridgehead atoms. The smallest absolute Gasteiger partial charge is 0.222 e. The highest BCUT2D eigenvalue weighted by Gasteiger charge is 2.26. The molecule has 0 spiro atoms. The van der Waals surface area contributed by atoms with Crippen LogP contribution in [0.25, 0.3) is 0 Å². The molecule has 0 radical (unpaired) electrons. The number of benzene rings is 1. The minimum atomic E-state index is 0.248. The third-order valence-corrected chi connectivity index (χ3v) is 4.87. The molecule has 3 rings (SSSR count). The highest BCUT2D eigenvalue weighted by molar-refractivity contribution is 5.76. The number of rotatable bonds is 4. The van der Waals surface area contributed by atoms with E-state index in [1.165, 1.54) is 11.1 Å². The maximum Gasteiger partial charge on any atom is 0.222 e. The Morgan fingerprint density at radius 1 is 1.25 bits per heavy atom. The van der Waals surface area contributed by atoms with Crippen LogP contribution in [0.15, 0.2) is 24.3 Å². The second-order valence-electron chi connectivity index (χ2n) is 6.71. The zero-order valence-electron chi connectivity index (χ0n) is 14.8. The first-order valence-corrected chi connectivity index (χ1v) is 8.76. The number of likely N-dealkylation sites (tertiary alicyclic amines) is 1. The average Bonchev–Trinajstić information content (AvgIpc) is 2.92. The van der Waals surface area contributed by atoms with Crippen molar-refractivity contribution in [3.8, 4) is 0 Å². The van der Waals surface area contributed by atoms with Crippen LogP contribution in [0.1, 0.15) is 48.1 Å². The fraction of sp³-hybridized carbons (Fsp3) is 0.526. The summed E-state index contributed by atoms with van der Waals surface area (Å²) in [6, 6.07) is 8.55. The van der Waals surface area contributed by atoms with Gasteiger partial charge in [0.25, 0.3) is 0 Å². The Balaban J connectivity index is 1.61. The van der Waals surface area contributed by atoms with Gasteiger partial charge in [0.05, 0.1) is 6.04 Å². The zero-order chi connectivity index (χ0) is 17.1. The van der Waals surface area contributed by atoms with E-state index in [0.717, 1.165) is 44.0 Å². The molecule has 5 nitrogen and oxygen atoms in total. The molecular formula is C19H26N4O. The van der Waals surface area contributed by atoms with E-state index in [0.29, 0.717) is 6.42 Å². The van der Waals surface area contributed by atoms with Crippen molar-refractivity contribution in [2.24, 2.45) is 0 Å². The predicted molar refractivity (Wildman–Crippen MR) is 93.8 cm³/mol. The van der Waals surface area contributed by atoms with Crippen molar-refractivity contribution in [1.29, 1.82) is 0 Å². The number of carbonyl (C=O) groups excluding carboxylic acids is 1. The minimum Gasteiger partial charge on any atom is -0.341 e. The molecule has 0 N–H and O–H groups in total. The van der Waals surface area contributed by atoms with E-state index in [1.807, 2.05) is 35.6 Å². The third-order valence-electron chi connectivity index (χ3n) is 4.87. The van der Waals surface area contributed by atoms with Crippen LogP contribution in [-0.2, 0) is 11.2 Å². The number of hydrogen-bond donors (Lipinski definition) is 0. The van der Waals surface area contributed by atoms with Gasteiger partial charge in [0.15, 0.2) is 0 Å². The van der Waals surface area contributed by atoms with E-state index in [-0.39, 0.29) is 11.9 Å².